The summed E-state index contributed by atoms with van der Waals surface area (Å²) >= 11 is 0. The van der Waals surface area contributed by atoms with E-state index in [1.54, 1.807) is 0 Å². The van der Waals surface area contributed by atoms with E-state index in [1.807, 2.05) is 24.5 Å². The van der Waals surface area contributed by atoms with Crippen LogP contribution in [0.2, 0.25) is 0 Å². The molecule has 5 aromatic rings. The van der Waals surface area contributed by atoms with Gasteiger partial charge in [0.15, 0.2) is 0 Å². The summed E-state index contributed by atoms with van der Waals surface area (Å²) in [7, 11) is 2.08. The number of hydrogen-bond donors (Lipinski definition) is 2. The van der Waals surface area contributed by atoms with E-state index in [1.165, 1.54) is 27.6 Å². The Bertz CT molecular complexity index is 1360. The van der Waals surface area contributed by atoms with E-state index >= 15 is 0 Å². The molecule has 1 unspecified atom stereocenters. The molecule has 2 heterocycles. The Morgan fingerprint density at radius 1 is 0.882 bits per heavy atom. The molecule has 0 aliphatic heterocycles. The normalized spacial score (nSPS) is 11.9. The molecule has 0 spiro atoms. The second kappa shape index (κ2) is 9.84. The third-order valence-electron chi connectivity index (χ3n) is 6.48. The summed E-state index contributed by atoms with van der Waals surface area (Å²) in [5.74, 6) is 0.345. The Balaban J connectivity index is 1.35. The van der Waals surface area contributed by atoms with Crippen LogP contribution < -0.4 is 10.2 Å². The van der Waals surface area contributed by atoms with Gasteiger partial charge in [-0.3, -0.25) is 4.98 Å². The molecule has 5 rings (SSSR count). The lowest BCUT2D eigenvalue weighted by Gasteiger charge is -2.21. The highest BCUT2D eigenvalue weighted by Crippen LogP contribution is 2.30. The predicted molar refractivity (Wildman–Crippen MR) is 143 cm³/mol. The first kappa shape index (κ1) is 21.8. The number of fused-ring (bicyclic) bond motifs is 1. The first-order valence-electron chi connectivity index (χ1n) is 11.8. The average molecular weight is 447 g/mol. The fourth-order valence-corrected chi connectivity index (χ4v) is 4.61. The topological polar surface area (TPSA) is 44.0 Å². The van der Waals surface area contributed by atoms with Crippen LogP contribution in [0.3, 0.4) is 0 Å². The summed E-state index contributed by atoms with van der Waals surface area (Å²) in [4.78, 5) is 9.74. The second-order valence-corrected chi connectivity index (χ2v) is 8.87. The molecule has 2 aromatic heterocycles. The summed E-state index contributed by atoms with van der Waals surface area (Å²) in [5, 5.41) is 5.00. The van der Waals surface area contributed by atoms with Crippen molar-refractivity contribution in [3.05, 3.63) is 120 Å². The van der Waals surface area contributed by atoms with Crippen LogP contribution in [0, 0.1) is 6.92 Å². The molecule has 2 N–H and O–H groups in total. The maximum Gasteiger partial charge on any atom is 0.0456 e. The number of nitrogens with zero attached hydrogens (tertiary/aromatic N) is 2. The average Bonchev–Trinajstić information content (AvgIpc) is 3.31. The van der Waals surface area contributed by atoms with Crippen molar-refractivity contribution in [3.8, 4) is 0 Å². The maximum atomic E-state index is 4.11. The van der Waals surface area contributed by atoms with E-state index < -0.39 is 0 Å². The Morgan fingerprint density at radius 2 is 1.65 bits per heavy atom. The number of nitrogens with one attached hydrogen (secondary N) is 2. The fourth-order valence-electron chi connectivity index (χ4n) is 4.61. The minimum absolute atomic E-state index is 0.345. The van der Waals surface area contributed by atoms with Crippen LogP contribution in [-0.2, 0) is 6.42 Å². The van der Waals surface area contributed by atoms with Gasteiger partial charge >= 0.3 is 0 Å². The summed E-state index contributed by atoms with van der Waals surface area (Å²) < 4.78 is 0. The number of para-hydroxylation sites is 1. The molecule has 1 atom stereocenters. The van der Waals surface area contributed by atoms with Gasteiger partial charge in [-0.15, -0.1) is 0 Å². The van der Waals surface area contributed by atoms with E-state index in [4.69, 9.17) is 0 Å². The monoisotopic (exact) mass is 446 g/mol. The van der Waals surface area contributed by atoms with E-state index in [2.05, 4.69) is 113 Å². The van der Waals surface area contributed by atoms with Crippen LogP contribution >= 0.6 is 0 Å². The molecule has 170 valence electrons. The highest BCUT2D eigenvalue weighted by Gasteiger charge is 2.17. The molecule has 34 heavy (non-hydrogen) atoms. The second-order valence-electron chi connectivity index (χ2n) is 8.87. The van der Waals surface area contributed by atoms with Gasteiger partial charge in [-0.2, -0.15) is 0 Å². The van der Waals surface area contributed by atoms with E-state index in [-0.39, 0.29) is 0 Å². The van der Waals surface area contributed by atoms with Crippen LogP contribution in [0.5, 0.6) is 0 Å². The van der Waals surface area contributed by atoms with Gasteiger partial charge in [-0.05, 0) is 66.9 Å². The first-order valence-corrected chi connectivity index (χ1v) is 11.8. The number of anilines is 3. The number of pyridine rings is 1. The van der Waals surface area contributed by atoms with Gasteiger partial charge in [0, 0.05) is 66.1 Å². The molecule has 0 radical (unpaired) electrons. The van der Waals surface area contributed by atoms with Gasteiger partial charge in [0.2, 0.25) is 0 Å². The molecule has 0 bridgehead atoms. The Kier molecular flexibility index (Phi) is 6.30. The lowest BCUT2D eigenvalue weighted by Crippen LogP contribution is -2.15. The largest absolute Gasteiger partial charge is 0.384 e. The van der Waals surface area contributed by atoms with Crippen LogP contribution in [0.1, 0.15) is 22.6 Å². The van der Waals surface area contributed by atoms with Gasteiger partial charge in [-0.25, -0.2) is 0 Å². The summed E-state index contributed by atoms with van der Waals surface area (Å²) in [5.41, 5.74) is 8.61. The van der Waals surface area contributed by atoms with Crippen LogP contribution in [0.25, 0.3) is 10.9 Å². The Labute approximate surface area is 201 Å². The van der Waals surface area contributed by atoms with Gasteiger partial charge in [0.1, 0.15) is 0 Å². The highest BCUT2D eigenvalue weighted by atomic mass is 15.1. The number of rotatable bonds is 8. The zero-order chi connectivity index (χ0) is 23.3. The molecule has 0 amide bonds. The number of aromatic amines is 1. The van der Waals surface area contributed by atoms with Crippen LogP contribution in [-0.4, -0.2) is 23.6 Å². The lowest BCUT2D eigenvalue weighted by atomic mass is 9.91. The van der Waals surface area contributed by atoms with E-state index in [9.17, 15) is 0 Å². The molecule has 0 fully saturated rings. The number of benzene rings is 3. The molecule has 0 saturated carbocycles. The van der Waals surface area contributed by atoms with Crippen molar-refractivity contribution in [2.75, 3.05) is 23.8 Å². The number of hydrogen-bond acceptors (Lipinski definition) is 3. The molecule has 3 aromatic carbocycles. The molecule has 4 nitrogen and oxygen atoms in total. The quantitative estimate of drug-likeness (QED) is 0.268. The molecular weight excluding hydrogens is 416 g/mol. The summed E-state index contributed by atoms with van der Waals surface area (Å²) in [6.45, 7) is 3.02. The van der Waals surface area contributed by atoms with Crippen molar-refractivity contribution in [1.29, 1.82) is 0 Å². The predicted octanol–water partition coefficient (Wildman–Crippen LogP) is 7.08. The Hall–Kier alpha value is -4.05. The van der Waals surface area contributed by atoms with Gasteiger partial charge in [0.05, 0.1) is 0 Å². The molecule has 0 aliphatic carbocycles. The number of H-pyrrole nitrogens is 1. The van der Waals surface area contributed by atoms with Crippen LogP contribution in [0.4, 0.5) is 17.1 Å². The third-order valence-corrected chi connectivity index (χ3v) is 6.48. The molecule has 0 aliphatic rings. The summed E-state index contributed by atoms with van der Waals surface area (Å²) in [6, 6.07) is 30.1. The third kappa shape index (κ3) is 4.81. The number of aryl methyl sites for hydroxylation is 1. The number of aromatic nitrogens is 2. The zero-order valence-electron chi connectivity index (χ0n) is 19.7. The highest BCUT2D eigenvalue weighted by molar-refractivity contribution is 5.83. The van der Waals surface area contributed by atoms with Crippen molar-refractivity contribution >= 4 is 28.0 Å². The molecular formula is C30H30N4. The van der Waals surface area contributed by atoms with Gasteiger partial charge in [0.25, 0.3) is 0 Å². The van der Waals surface area contributed by atoms with Crippen molar-refractivity contribution in [1.82, 2.24) is 9.97 Å². The van der Waals surface area contributed by atoms with Crippen molar-refractivity contribution in [2.45, 2.75) is 19.3 Å². The van der Waals surface area contributed by atoms with Crippen molar-refractivity contribution < 1.29 is 0 Å². The van der Waals surface area contributed by atoms with Gasteiger partial charge in [-0.1, -0.05) is 48.0 Å². The molecule has 4 heteroatoms. The standard InChI is InChI=1S/C30H30N4/c1-22-6-5-7-23(18-22)19-24(29-21-33-30-9-4-3-8-28(29)30)20-32-25-10-12-26(13-11-25)34(2)27-14-16-31-17-15-27/h3-18,21,24,32-33H,19-20H2,1-2H3. The zero-order valence-corrected chi connectivity index (χ0v) is 19.7. The minimum Gasteiger partial charge on any atom is -0.384 e. The minimum atomic E-state index is 0.345. The first-order chi connectivity index (χ1) is 16.7. The van der Waals surface area contributed by atoms with Crippen molar-refractivity contribution in [3.63, 3.8) is 0 Å². The smallest absolute Gasteiger partial charge is 0.0456 e. The SMILES string of the molecule is Cc1cccc(CC(CNc2ccc(N(C)c3ccncc3)cc2)c2c[nH]c3ccccc23)c1. The van der Waals surface area contributed by atoms with Crippen molar-refractivity contribution in [2.24, 2.45) is 0 Å². The maximum absolute atomic E-state index is 4.11. The van der Waals surface area contributed by atoms with E-state index in [0.29, 0.717) is 5.92 Å². The molecule has 0 saturated heterocycles. The fraction of sp³-hybridized carbons (Fsp3) is 0.167. The van der Waals surface area contributed by atoms with E-state index in [0.717, 1.165) is 30.0 Å². The lowest BCUT2D eigenvalue weighted by molar-refractivity contribution is 0.722. The Morgan fingerprint density at radius 3 is 2.44 bits per heavy atom. The summed E-state index contributed by atoms with van der Waals surface area (Å²) in [6.07, 6.45) is 6.81. The van der Waals surface area contributed by atoms with Gasteiger partial charge < -0.3 is 15.2 Å². The van der Waals surface area contributed by atoms with Crippen LogP contribution in [0.15, 0.2) is 104 Å².